The Morgan fingerprint density at radius 1 is 1.00 bits per heavy atom. The lowest BCUT2D eigenvalue weighted by Crippen LogP contribution is -2.34. The number of anilines is 2. The highest BCUT2D eigenvalue weighted by Crippen LogP contribution is 2.30. The molecule has 0 spiro atoms. The molecule has 0 unspecified atom stereocenters. The number of benzene rings is 1. The van der Waals surface area contributed by atoms with Gasteiger partial charge in [0, 0.05) is 33.7 Å². The fraction of sp³-hybridized carbons (Fsp3) is 0.217. The van der Waals surface area contributed by atoms with Gasteiger partial charge in [-0.1, -0.05) is 48.7 Å². The number of fused-ring (bicyclic) bond motifs is 1. The molecule has 3 heterocycles. The molecule has 0 radical (unpaired) electrons. The van der Waals surface area contributed by atoms with E-state index in [0.717, 1.165) is 22.3 Å². The zero-order chi connectivity index (χ0) is 24.6. The van der Waals surface area contributed by atoms with Crippen LogP contribution in [-0.2, 0) is 7.05 Å². The number of pyridine rings is 2. The van der Waals surface area contributed by atoms with Gasteiger partial charge in [-0.3, -0.25) is 15.5 Å². The first kappa shape index (κ1) is 24.1. The second-order valence-corrected chi connectivity index (χ2v) is 9.35. The predicted octanol–water partition coefficient (Wildman–Crippen LogP) is 6.57. The number of amides is 2. The van der Waals surface area contributed by atoms with Crippen LogP contribution < -0.4 is 16.2 Å². The Hall–Kier alpha value is -3.07. The van der Waals surface area contributed by atoms with E-state index in [9.17, 15) is 4.79 Å². The molecule has 0 aliphatic carbocycles. The standard InChI is InChI=1S/C23H22Cl3N7O/c1-11(2)17-10-20(29-22-21(17)12(3)32-33(22)4)30-31-23(34)27-16-8-18(28-19(26)9-16)13-5-14(24)7-15(25)6-13/h5-11H,1-4H3,(H,29,30)(H2,27,28,31,34). The van der Waals surface area contributed by atoms with E-state index in [1.54, 1.807) is 28.9 Å². The number of hydrogen-bond donors (Lipinski definition) is 3. The zero-order valence-electron chi connectivity index (χ0n) is 18.9. The first-order chi connectivity index (χ1) is 16.1. The summed E-state index contributed by atoms with van der Waals surface area (Å²) in [6.45, 7) is 6.16. The molecule has 2 amide bonds. The van der Waals surface area contributed by atoms with Crippen molar-refractivity contribution in [2.75, 3.05) is 10.7 Å². The van der Waals surface area contributed by atoms with Crippen molar-refractivity contribution in [3.05, 3.63) is 62.9 Å². The van der Waals surface area contributed by atoms with E-state index in [1.165, 1.54) is 6.07 Å². The lowest BCUT2D eigenvalue weighted by molar-refractivity contribution is 0.254. The number of carbonyl (C=O) groups is 1. The summed E-state index contributed by atoms with van der Waals surface area (Å²) in [4.78, 5) is 21.5. The maximum atomic E-state index is 12.6. The van der Waals surface area contributed by atoms with Gasteiger partial charge in [0.25, 0.3) is 0 Å². The highest BCUT2D eigenvalue weighted by molar-refractivity contribution is 6.35. The molecule has 1 aromatic carbocycles. The maximum absolute atomic E-state index is 12.6. The Balaban J connectivity index is 1.52. The maximum Gasteiger partial charge on any atom is 0.337 e. The molecule has 176 valence electrons. The summed E-state index contributed by atoms with van der Waals surface area (Å²) in [5.74, 6) is 0.747. The van der Waals surface area contributed by atoms with Gasteiger partial charge in [-0.05, 0) is 54.8 Å². The Bertz CT molecular complexity index is 1380. The summed E-state index contributed by atoms with van der Waals surface area (Å²) in [5.41, 5.74) is 9.84. The van der Waals surface area contributed by atoms with Gasteiger partial charge in [0.15, 0.2) is 5.65 Å². The third kappa shape index (κ3) is 5.19. The van der Waals surface area contributed by atoms with Crippen molar-refractivity contribution in [2.45, 2.75) is 26.7 Å². The third-order valence-corrected chi connectivity index (χ3v) is 5.77. The highest BCUT2D eigenvalue weighted by Gasteiger charge is 2.16. The molecule has 34 heavy (non-hydrogen) atoms. The fourth-order valence-corrected chi connectivity index (χ4v) is 4.43. The van der Waals surface area contributed by atoms with Crippen molar-refractivity contribution in [3.8, 4) is 11.3 Å². The monoisotopic (exact) mass is 517 g/mol. The van der Waals surface area contributed by atoms with Crippen LogP contribution in [0.4, 0.5) is 16.3 Å². The Morgan fingerprint density at radius 2 is 1.71 bits per heavy atom. The average molecular weight is 519 g/mol. The van der Waals surface area contributed by atoms with Gasteiger partial charge in [-0.15, -0.1) is 0 Å². The third-order valence-electron chi connectivity index (χ3n) is 5.14. The van der Waals surface area contributed by atoms with Crippen LogP contribution in [0.25, 0.3) is 22.3 Å². The molecular weight excluding hydrogens is 497 g/mol. The number of halogens is 3. The molecule has 0 saturated heterocycles. The number of urea groups is 1. The molecule has 0 fully saturated rings. The van der Waals surface area contributed by atoms with Crippen LogP contribution in [0.5, 0.6) is 0 Å². The summed E-state index contributed by atoms with van der Waals surface area (Å²) in [7, 11) is 1.84. The van der Waals surface area contributed by atoms with Gasteiger partial charge in [0.1, 0.15) is 11.0 Å². The van der Waals surface area contributed by atoms with Crippen molar-refractivity contribution < 1.29 is 4.79 Å². The van der Waals surface area contributed by atoms with Gasteiger partial charge in [-0.2, -0.15) is 5.10 Å². The van der Waals surface area contributed by atoms with Gasteiger partial charge >= 0.3 is 6.03 Å². The molecule has 0 atom stereocenters. The summed E-state index contributed by atoms with van der Waals surface area (Å²) in [6.07, 6.45) is 0. The number of nitrogens with zero attached hydrogens (tertiary/aromatic N) is 4. The summed E-state index contributed by atoms with van der Waals surface area (Å²) in [6, 6.07) is 9.66. The lowest BCUT2D eigenvalue weighted by atomic mass is 10.00. The quantitative estimate of drug-likeness (QED) is 0.205. The number of rotatable bonds is 5. The van der Waals surface area contributed by atoms with Crippen LogP contribution in [0.3, 0.4) is 0 Å². The van der Waals surface area contributed by atoms with Crippen LogP contribution in [0.1, 0.15) is 31.0 Å². The van der Waals surface area contributed by atoms with Gasteiger partial charge < -0.3 is 5.32 Å². The molecule has 4 aromatic rings. The molecule has 8 nitrogen and oxygen atoms in total. The van der Waals surface area contributed by atoms with E-state index in [-0.39, 0.29) is 11.1 Å². The highest BCUT2D eigenvalue weighted by atomic mass is 35.5. The van der Waals surface area contributed by atoms with Gasteiger partial charge in [0.05, 0.1) is 11.4 Å². The molecule has 0 aliphatic heterocycles. The van der Waals surface area contributed by atoms with E-state index in [4.69, 9.17) is 34.8 Å². The predicted molar refractivity (Wildman–Crippen MR) is 138 cm³/mol. The number of aryl methyl sites for hydroxylation is 2. The molecule has 0 bridgehead atoms. The van der Waals surface area contributed by atoms with E-state index in [1.807, 2.05) is 20.0 Å². The van der Waals surface area contributed by atoms with E-state index < -0.39 is 6.03 Å². The number of nitrogens with one attached hydrogen (secondary N) is 3. The lowest BCUT2D eigenvalue weighted by Gasteiger charge is -2.14. The van der Waals surface area contributed by atoms with Crippen LogP contribution >= 0.6 is 34.8 Å². The average Bonchev–Trinajstić information content (AvgIpc) is 3.04. The van der Waals surface area contributed by atoms with Crippen LogP contribution in [0, 0.1) is 6.92 Å². The minimum absolute atomic E-state index is 0.206. The fourth-order valence-electron chi connectivity index (χ4n) is 3.70. The minimum atomic E-state index is -0.508. The number of hydrazine groups is 1. The summed E-state index contributed by atoms with van der Waals surface area (Å²) >= 11 is 18.4. The molecule has 11 heteroatoms. The Morgan fingerprint density at radius 3 is 2.38 bits per heavy atom. The van der Waals surface area contributed by atoms with Crippen molar-refractivity contribution in [1.82, 2.24) is 25.2 Å². The number of aromatic nitrogens is 4. The van der Waals surface area contributed by atoms with Crippen LogP contribution in [0.2, 0.25) is 15.2 Å². The molecule has 4 rings (SSSR count). The second-order valence-electron chi connectivity index (χ2n) is 8.09. The van der Waals surface area contributed by atoms with E-state index in [2.05, 4.69) is 45.1 Å². The van der Waals surface area contributed by atoms with Crippen LogP contribution in [0.15, 0.2) is 36.4 Å². The molecule has 0 aliphatic rings. The molecule has 0 saturated carbocycles. The molecular formula is C23H22Cl3N7O. The van der Waals surface area contributed by atoms with Crippen molar-refractivity contribution in [2.24, 2.45) is 7.05 Å². The molecule has 3 N–H and O–H groups in total. The molecule has 3 aromatic heterocycles. The second kappa shape index (κ2) is 9.66. The Labute approximate surface area is 211 Å². The van der Waals surface area contributed by atoms with E-state index >= 15 is 0 Å². The first-order valence-electron chi connectivity index (χ1n) is 10.4. The SMILES string of the molecule is Cc1nn(C)c2nc(NNC(=O)Nc3cc(Cl)nc(-c4cc(Cl)cc(Cl)c4)c3)cc(C(C)C)c12. The summed E-state index contributed by atoms with van der Waals surface area (Å²) in [5, 5.41) is 9.36. The minimum Gasteiger partial charge on any atom is -0.306 e. The number of carbonyl (C=O) groups excluding carboxylic acids is 1. The van der Waals surface area contributed by atoms with Gasteiger partial charge in [-0.25, -0.2) is 14.8 Å². The zero-order valence-corrected chi connectivity index (χ0v) is 21.1. The summed E-state index contributed by atoms with van der Waals surface area (Å²) < 4.78 is 1.73. The van der Waals surface area contributed by atoms with Crippen LogP contribution in [-0.4, -0.2) is 25.8 Å². The smallest absolute Gasteiger partial charge is 0.306 e. The topological polar surface area (TPSA) is 96.8 Å². The Kier molecular flexibility index (Phi) is 6.84. The van der Waals surface area contributed by atoms with Gasteiger partial charge in [0.2, 0.25) is 0 Å². The van der Waals surface area contributed by atoms with Crippen molar-refractivity contribution in [3.63, 3.8) is 0 Å². The number of hydrogen-bond acceptors (Lipinski definition) is 5. The van der Waals surface area contributed by atoms with Crippen molar-refractivity contribution in [1.29, 1.82) is 0 Å². The largest absolute Gasteiger partial charge is 0.337 e. The normalized spacial score (nSPS) is 11.2. The van der Waals surface area contributed by atoms with Crippen molar-refractivity contribution >= 4 is 63.4 Å². The first-order valence-corrected chi connectivity index (χ1v) is 11.6. The van der Waals surface area contributed by atoms with E-state index in [0.29, 0.717) is 32.8 Å².